The van der Waals surface area contributed by atoms with Crippen molar-refractivity contribution in [2.45, 2.75) is 12.6 Å². The molecule has 0 spiro atoms. The lowest BCUT2D eigenvalue weighted by molar-refractivity contribution is -0.137. The molecule has 9 nitrogen and oxygen atoms in total. The van der Waals surface area contributed by atoms with Crippen LogP contribution in [0.1, 0.15) is 12.0 Å². The maximum Gasteiger partial charge on any atom is 0.416 e. The lowest BCUT2D eigenvalue weighted by atomic mass is 10.2. The van der Waals surface area contributed by atoms with Gasteiger partial charge in [-0.1, -0.05) is 18.2 Å². The number of alkyl halides is 3. The van der Waals surface area contributed by atoms with Crippen LogP contribution >= 0.6 is 0 Å². The highest BCUT2D eigenvalue weighted by atomic mass is 19.4. The van der Waals surface area contributed by atoms with Gasteiger partial charge in [-0.3, -0.25) is 4.79 Å². The second-order valence-corrected chi connectivity index (χ2v) is 9.52. The van der Waals surface area contributed by atoms with Crippen molar-refractivity contribution in [2.24, 2.45) is 0 Å². The molecule has 208 valence electrons. The van der Waals surface area contributed by atoms with E-state index in [9.17, 15) is 22.8 Å². The summed E-state index contributed by atoms with van der Waals surface area (Å²) in [4.78, 5) is 31.9. The van der Waals surface area contributed by atoms with E-state index in [1.165, 1.54) is 16.8 Å². The molecule has 39 heavy (non-hydrogen) atoms. The number of anilines is 3. The minimum Gasteiger partial charge on any atom is -0.379 e. The summed E-state index contributed by atoms with van der Waals surface area (Å²) in [5.74, 6) is 0. The third-order valence-electron chi connectivity index (χ3n) is 6.41. The molecule has 1 fully saturated rings. The second kappa shape index (κ2) is 12.2. The largest absolute Gasteiger partial charge is 0.416 e. The number of carbonyl (C=O) groups excluding carboxylic acids is 1. The molecule has 4 rings (SSSR count). The van der Waals surface area contributed by atoms with Crippen molar-refractivity contribution < 1.29 is 18.0 Å². The molecule has 1 aliphatic rings. The number of nitrogens with one attached hydrogen (secondary N) is 2. The predicted molar refractivity (Wildman–Crippen MR) is 146 cm³/mol. The van der Waals surface area contributed by atoms with E-state index in [1.54, 1.807) is 11.1 Å². The van der Waals surface area contributed by atoms with E-state index in [0.29, 0.717) is 49.8 Å². The average Bonchev–Trinajstić information content (AvgIpc) is 2.92. The number of para-hydroxylation sites is 1. The number of carbonyl (C=O) groups is 1. The molecule has 0 bridgehead atoms. The summed E-state index contributed by atoms with van der Waals surface area (Å²) >= 11 is 0. The predicted octanol–water partition coefficient (Wildman–Crippen LogP) is 3.97. The summed E-state index contributed by atoms with van der Waals surface area (Å²) in [5, 5.41) is 10.4. The van der Waals surface area contributed by atoms with Crippen molar-refractivity contribution in [1.82, 2.24) is 19.6 Å². The van der Waals surface area contributed by atoms with Crippen molar-refractivity contribution in [3.63, 3.8) is 0 Å². The minimum absolute atomic E-state index is 0.258. The molecular weight excluding hydrogens is 511 g/mol. The third kappa shape index (κ3) is 7.08. The third-order valence-corrected chi connectivity index (χ3v) is 6.41. The summed E-state index contributed by atoms with van der Waals surface area (Å²) in [5.41, 5.74) is 1.03. The molecule has 0 unspecified atom stereocenters. The Kier molecular flexibility index (Phi) is 8.75. The smallest absolute Gasteiger partial charge is 0.379 e. The highest BCUT2D eigenvalue weighted by Gasteiger charge is 2.30. The number of halogens is 3. The molecule has 1 aliphatic heterocycles. The first-order chi connectivity index (χ1) is 18.6. The van der Waals surface area contributed by atoms with Crippen molar-refractivity contribution in [3.05, 3.63) is 76.7 Å². The van der Waals surface area contributed by atoms with Crippen LogP contribution in [0.15, 0.2) is 65.6 Å². The summed E-state index contributed by atoms with van der Waals surface area (Å²) in [6, 6.07) is 13.1. The zero-order valence-corrected chi connectivity index (χ0v) is 21.9. The van der Waals surface area contributed by atoms with Crippen LogP contribution in [0, 0.1) is 0 Å². The normalized spacial score (nSPS) is 14.0. The van der Waals surface area contributed by atoms with Gasteiger partial charge in [-0.05, 0) is 63.5 Å². The van der Waals surface area contributed by atoms with Gasteiger partial charge in [0.2, 0.25) is 0 Å². The lowest BCUT2D eigenvalue weighted by Gasteiger charge is -2.36. The maximum absolute atomic E-state index is 13.5. The summed E-state index contributed by atoms with van der Waals surface area (Å²) in [7, 11) is 3.99. The Balaban J connectivity index is 1.45. The minimum atomic E-state index is -4.43. The van der Waals surface area contributed by atoms with Gasteiger partial charge in [-0.25, -0.2) is 4.79 Å². The topological polar surface area (TPSA) is 85.7 Å². The summed E-state index contributed by atoms with van der Waals surface area (Å²) in [6.45, 7) is 3.14. The van der Waals surface area contributed by atoms with E-state index in [4.69, 9.17) is 0 Å². The molecule has 2 amide bonds. The number of rotatable bonds is 8. The molecule has 0 saturated carbocycles. The van der Waals surface area contributed by atoms with Crippen molar-refractivity contribution in [1.29, 1.82) is 0 Å². The standard InChI is InChI=1S/C27H32F3N7O2/c1-34(2)14-6-13-31-24-23(19-32-37(25(24)38)22-7-4-3-5-8-22)35-15-17-36(18-16-35)26(39)33-21-11-9-20(10-12-21)27(28,29)30/h3-5,7-12,19,31H,6,13-18H2,1-2H3,(H,33,39). The molecule has 2 aromatic carbocycles. The van der Waals surface area contributed by atoms with E-state index in [0.717, 1.165) is 25.1 Å². The second-order valence-electron chi connectivity index (χ2n) is 9.52. The fraction of sp³-hybridized carbons (Fsp3) is 0.370. The van der Waals surface area contributed by atoms with E-state index < -0.39 is 17.8 Å². The average molecular weight is 544 g/mol. The number of amides is 2. The van der Waals surface area contributed by atoms with Crippen molar-refractivity contribution in [2.75, 3.05) is 68.9 Å². The Morgan fingerprint density at radius 3 is 2.28 bits per heavy atom. The zero-order valence-electron chi connectivity index (χ0n) is 21.9. The fourth-order valence-corrected chi connectivity index (χ4v) is 4.31. The van der Waals surface area contributed by atoms with Gasteiger partial charge in [0, 0.05) is 38.4 Å². The first-order valence-corrected chi connectivity index (χ1v) is 12.7. The molecule has 0 atom stereocenters. The monoisotopic (exact) mass is 543 g/mol. The molecule has 0 radical (unpaired) electrons. The Morgan fingerprint density at radius 1 is 1.00 bits per heavy atom. The number of aromatic nitrogens is 2. The Morgan fingerprint density at radius 2 is 1.67 bits per heavy atom. The summed E-state index contributed by atoms with van der Waals surface area (Å²) in [6.07, 6.45) is -1.92. The number of hydrogen-bond donors (Lipinski definition) is 2. The van der Waals surface area contributed by atoms with E-state index in [-0.39, 0.29) is 11.2 Å². The van der Waals surface area contributed by atoms with Crippen LogP contribution in [0.2, 0.25) is 0 Å². The Bertz CT molecular complexity index is 1300. The van der Waals surface area contributed by atoms with Gasteiger partial charge < -0.3 is 25.3 Å². The van der Waals surface area contributed by atoms with Crippen LogP contribution in [-0.4, -0.2) is 79.0 Å². The van der Waals surface area contributed by atoms with Crippen LogP contribution in [0.3, 0.4) is 0 Å². The van der Waals surface area contributed by atoms with E-state index >= 15 is 0 Å². The summed E-state index contributed by atoms with van der Waals surface area (Å²) < 4.78 is 39.8. The molecule has 1 aromatic heterocycles. The number of urea groups is 1. The number of piperazine rings is 1. The first kappa shape index (κ1) is 28.0. The van der Waals surface area contributed by atoms with Crippen molar-refractivity contribution in [3.8, 4) is 5.69 Å². The first-order valence-electron chi connectivity index (χ1n) is 12.7. The van der Waals surface area contributed by atoms with E-state index in [1.807, 2.05) is 49.3 Å². The van der Waals surface area contributed by atoms with Crippen LogP contribution in [0.25, 0.3) is 5.69 Å². The van der Waals surface area contributed by atoms with E-state index in [2.05, 4.69) is 20.6 Å². The van der Waals surface area contributed by atoms with Crippen LogP contribution in [0.5, 0.6) is 0 Å². The van der Waals surface area contributed by atoms with Gasteiger partial charge in [0.15, 0.2) is 0 Å². The van der Waals surface area contributed by atoms with Crippen LogP contribution in [-0.2, 0) is 6.18 Å². The highest BCUT2D eigenvalue weighted by molar-refractivity contribution is 5.89. The molecular formula is C27H32F3N7O2. The molecule has 3 aromatic rings. The lowest BCUT2D eigenvalue weighted by Crippen LogP contribution is -2.50. The molecule has 12 heteroatoms. The maximum atomic E-state index is 13.5. The van der Waals surface area contributed by atoms with Crippen molar-refractivity contribution >= 4 is 23.1 Å². The molecule has 2 N–H and O–H groups in total. The Labute approximate surface area is 224 Å². The van der Waals surface area contributed by atoms with Gasteiger partial charge in [-0.15, -0.1) is 0 Å². The van der Waals surface area contributed by atoms with Gasteiger partial charge in [-0.2, -0.15) is 23.0 Å². The number of nitrogens with zero attached hydrogens (tertiary/aromatic N) is 5. The van der Waals surface area contributed by atoms with Crippen LogP contribution < -0.4 is 21.1 Å². The van der Waals surface area contributed by atoms with Crippen LogP contribution in [0.4, 0.5) is 35.0 Å². The fourth-order valence-electron chi connectivity index (χ4n) is 4.31. The SMILES string of the molecule is CN(C)CCCNc1c(N2CCN(C(=O)Nc3ccc(C(F)(F)F)cc3)CC2)cnn(-c2ccccc2)c1=O. The number of benzene rings is 2. The quantitative estimate of drug-likeness (QED) is 0.419. The number of hydrogen-bond acceptors (Lipinski definition) is 6. The molecule has 2 heterocycles. The van der Waals surface area contributed by atoms with Gasteiger partial charge in [0.25, 0.3) is 5.56 Å². The van der Waals surface area contributed by atoms with Gasteiger partial charge in [0.05, 0.1) is 23.1 Å². The zero-order chi connectivity index (χ0) is 28.0. The highest BCUT2D eigenvalue weighted by Crippen LogP contribution is 2.30. The molecule has 0 aliphatic carbocycles. The van der Waals surface area contributed by atoms with Gasteiger partial charge >= 0.3 is 12.2 Å². The molecule has 1 saturated heterocycles. The Hall–Kier alpha value is -4.06. The van der Waals surface area contributed by atoms with Gasteiger partial charge in [0.1, 0.15) is 5.69 Å².